The molecule has 0 bridgehead atoms. The Morgan fingerprint density at radius 3 is 2.52 bits per heavy atom. The van der Waals surface area contributed by atoms with E-state index in [2.05, 4.69) is 10.6 Å². The average molecular weight is 294 g/mol. The fraction of sp³-hybridized carbons (Fsp3) is 0.467. The van der Waals surface area contributed by atoms with Gasteiger partial charge in [0.2, 0.25) is 0 Å². The van der Waals surface area contributed by atoms with E-state index in [1.165, 1.54) is 0 Å². The van der Waals surface area contributed by atoms with E-state index in [1.807, 2.05) is 26.8 Å². The minimum Gasteiger partial charge on any atom is -0.486 e. The van der Waals surface area contributed by atoms with Gasteiger partial charge in [0.1, 0.15) is 11.4 Å². The normalized spacial score (nSPS) is 10.8. The number of ether oxygens (including phenoxy) is 1. The van der Waals surface area contributed by atoms with Gasteiger partial charge in [-0.25, -0.2) is 4.79 Å². The largest absolute Gasteiger partial charge is 0.486 e. The van der Waals surface area contributed by atoms with Crippen LogP contribution in [-0.2, 0) is 4.79 Å². The van der Waals surface area contributed by atoms with Crippen LogP contribution < -0.4 is 15.4 Å². The fourth-order valence-corrected chi connectivity index (χ4v) is 1.60. The molecule has 0 saturated heterocycles. The van der Waals surface area contributed by atoms with Crippen molar-refractivity contribution in [2.24, 2.45) is 0 Å². The van der Waals surface area contributed by atoms with Crippen molar-refractivity contribution in [3.8, 4) is 5.75 Å². The third-order valence-corrected chi connectivity index (χ3v) is 2.40. The van der Waals surface area contributed by atoms with Crippen LogP contribution in [0.3, 0.4) is 0 Å². The molecular weight excluding hydrogens is 272 g/mol. The number of rotatable bonds is 6. The summed E-state index contributed by atoms with van der Waals surface area (Å²) in [6.45, 7) is 6.09. The van der Waals surface area contributed by atoms with Gasteiger partial charge in [-0.2, -0.15) is 0 Å². The predicted molar refractivity (Wildman–Crippen MR) is 80.7 cm³/mol. The van der Waals surface area contributed by atoms with Crippen molar-refractivity contribution in [1.29, 1.82) is 0 Å². The lowest BCUT2D eigenvalue weighted by Gasteiger charge is -2.23. The molecule has 6 heteroatoms. The molecule has 2 amide bonds. The first-order chi connectivity index (χ1) is 9.78. The number of carbonyl (C=O) groups excluding carboxylic acids is 1. The minimum atomic E-state index is -0.874. The summed E-state index contributed by atoms with van der Waals surface area (Å²) in [5.41, 5.74) is 0.207. The number of urea groups is 1. The van der Waals surface area contributed by atoms with Crippen LogP contribution in [0.15, 0.2) is 24.3 Å². The number of amides is 2. The summed E-state index contributed by atoms with van der Waals surface area (Å²) in [6.07, 6.45) is 0.424. The Hall–Kier alpha value is -2.24. The van der Waals surface area contributed by atoms with Crippen LogP contribution in [0.25, 0.3) is 0 Å². The van der Waals surface area contributed by atoms with E-state index in [0.29, 0.717) is 24.4 Å². The molecule has 116 valence electrons. The summed E-state index contributed by atoms with van der Waals surface area (Å²) in [7, 11) is 0. The van der Waals surface area contributed by atoms with Crippen LogP contribution in [-0.4, -0.2) is 29.3 Å². The first kappa shape index (κ1) is 16.8. The third-order valence-electron chi connectivity index (χ3n) is 2.40. The van der Waals surface area contributed by atoms with Gasteiger partial charge in [-0.3, -0.25) is 4.79 Å². The number of aliphatic carboxylic acids is 1. The molecule has 0 saturated carbocycles. The highest BCUT2D eigenvalue weighted by Crippen LogP contribution is 2.27. The summed E-state index contributed by atoms with van der Waals surface area (Å²) in [6, 6.07) is 6.78. The summed E-state index contributed by atoms with van der Waals surface area (Å²) < 4.78 is 5.77. The highest BCUT2D eigenvalue weighted by atomic mass is 16.5. The second kappa shape index (κ2) is 7.52. The molecule has 0 aromatic heterocycles. The van der Waals surface area contributed by atoms with E-state index in [-0.39, 0.29) is 18.1 Å². The predicted octanol–water partition coefficient (Wildman–Crippen LogP) is 2.85. The molecule has 1 rings (SSSR count). The van der Waals surface area contributed by atoms with Crippen LogP contribution in [0.5, 0.6) is 5.75 Å². The molecular formula is C15H22N2O4. The molecule has 0 heterocycles. The van der Waals surface area contributed by atoms with Gasteiger partial charge in [-0.1, -0.05) is 12.1 Å². The number of benzene rings is 1. The van der Waals surface area contributed by atoms with Gasteiger partial charge in [-0.05, 0) is 39.3 Å². The van der Waals surface area contributed by atoms with E-state index in [9.17, 15) is 9.59 Å². The average Bonchev–Trinajstić information content (AvgIpc) is 2.35. The number of carboxylic acid groups (broad SMARTS) is 1. The Labute approximate surface area is 124 Å². The highest BCUT2D eigenvalue weighted by Gasteiger charge is 2.15. The lowest BCUT2D eigenvalue weighted by atomic mass is 10.2. The molecule has 1 aromatic rings. The quantitative estimate of drug-likeness (QED) is 0.704. The van der Waals surface area contributed by atoms with Gasteiger partial charge in [0, 0.05) is 13.0 Å². The Morgan fingerprint density at radius 2 is 1.90 bits per heavy atom. The lowest BCUT2D eigenvalue weighted by molar-refractivity contribution is -0.137. The number of nitrogens with one attached hydrogen (secondary N) is 2. The van der Waals surface area contributed by atoms with Crippen molar-refractivity contribution in [2.75, 3.05) is 11.9 Å². The van der Waals surface area contributed by atoms with Crippen molar-refractivity contribution >= 4 is 17.7 Å². The maximum atomic E-state index is 11.7. The van der Waals surface area contributed by atoms with Crippen molar-refractivity contribution in [3.05, 3.63) is 24.3 Å². The lowest BCUT2D eigenvalue weighted by Crippen LogP contribution is -2.30. The molecule has 0 aliphatic heterocycles. The summed E-state index contributed by atoms with van der Waals surface area (Å²) in [5.74, 6) is -0.285. The van der Waals surface area contributed by atoms with Gasteiger partial charge in [-0.15, -0.1) is 0 Å². The van der Waals surface area contributed by atoms with E-state index < -0.39 is 5.97 Å². The Kier molecular flexibility index (Phi) is 6.02. The van der Waals surface area contributed by atoms with Gasteiger partial charge in [0.15, 0.2) is 0 Å². The first-order valence-corrected chi connectivity index (χ1v) is 6.82. The molecule has 0 aliphatic rings. The molecule has 0 spiro atoms. The standard InChI is InChI=1S/C15H22N2O4/c1-15(2,3)21-12-8-5-4-7-11(12)17-14(20)16-10-6-9-13(18)19/h4-5,7-8H,6,9-10H2,1-3H3,(H,18,19)(H2,16,17,20). The molecule has 6 nitrogen and oxygen atoms in total. The second-order valence-corrected chi connectivity index (χ2v) is 5.59. The zero-order valence-electron chi connectivity index (χ0n) is 12.6. The zero-order valence-corrected chi connectivity index (χ0v) is 12.6. The van der Waals surface area contributed by atoms with E-state index in [0.717, 1.165) is 0 Å². The Bertz CT molecular complexity index is 495. The third kappa shape index (κ3) is 7.20. The molecule has 0 aliphatic carbocycles. The maximum Gasteiger partial charge on any atom is 0.319 e. The summed E-state index contributed by atoms with van der Waals surface area (Å²) >= 11 is 0. The molecule has 0 unspecified atom stereocenters. The topological polar surface area (TPSA) is 87.7 Å². The van der Waals surface area contributed by atoms with Crippen molar-refractivity contribution in [1.82, 2.24) is 5.32 Å². The van der Waals surface area contributed by atoms with Gasteiger partial charge in [0.05, 0.1) is 5.69 Å². The van der Waals surface area contributed by atoms with Gasteiger partial charge in [0.25, 0.3) is 0 Å². The molecule has 3 N–H and O–H groups in total. The van der Waals surface area contributed by atoms with E-state index in [1.54, 1.807) is 18.2 Å². The number of carbonyl (C=O) groups is 2. The smallest absolute Gasteiger partial charge is 0.319 e. The number of anilines is 1. The van der Waals surface area contributed by atoms with Crippen LogP contribution in [0, 0.1) is 0 Å². The number of hydrogen-bond donors (Lipinski definition) is 3. The number of hydrogen-bond acceptors (Lipinski definition) is 3. The molecule has 0 fully saturated rings. The molecule has 0 radical (unpaired) electrons. The zero-order chi connectivity index (χ0) is 15.9. The molecule has 0 atom stereocenters. The monoisotopic (exact) mass is 294 g/mol. The summed E-state index contributed by atoms with van der Waals surface area (Å²) in [4.78, 5) is 22.1. The highest BCUT2D eigenvalue weighted by molar-refractivity contribution is 5.90. The Morgan fingerprint density at radius 1 is 1.24 bits per heavy atom. The maximum absolute atomic E-state index is 11.7. The SMILES string of the molecule is CC(C)(C)Oc1ccccc1NC(=O)NCCCC(=O)O. The van der Waals surface area contributed by atoms with Crippen LogP contribution >= 0.6 is 0 Å². The van der Waals surface area contributed by atoms with Gasteiger partial charge < -0.3 is 20.5 Å². The molecule has 1 aromatic carbocycles. The Balaban J connectivity index is 2.54. The van der Waals surface area contributed by atoms with Crippen LogP contribution in [0.2, 0.25) is 0 Å². The first-order valence-electron chi connectivity index (χ1n) is 6.82. The van der Waals surface area contributed by atoms with E-state index >= 15 is 0 Å². The second-order valence-electron chi connectivity index (χ2n) is 5.59. The van der Waals surface area contributed by atoms with Crippen LogP contribution in [0.4, 0.5) is 10.5 Å². The van der Waals surface area contributed by atoms with Crippen molar-refractivity contribution in [3.63, 3.8) is 0 Å². The number of para-hydroxylation sites is 2. The summed E-state index contributed by atoms with van der Waals surface area (Å²) in [5, 5.41) is 13.8. The molecule has 21 heavy (non-hydrogen) atoms. The fourth-order valence-electron chi connectivity index (χ4n) is 1.60. The minimum absolute atomic E-state index is 0.0317. The van der Waals surface area contributed by atoms with Gasteiger partial charge >= 0.3 is 12.0 Å². The number of carboxylic acids is 1. The van der Waals surface area contributed by atoms with Crippen LogP contribution in [0.1, 0.15) is 33.6 Å². The van der Waals surface area contributed by atoms with Crippen molar-refractivity contribution < 1.29 is 19.4 Å². The van der Waals surface area contributed by atoms with Crippen molar-refractivity contribution in [2.45, 2.75) is 39.2 Å². The van der Waals surface area contributed by atoms with E-state index in [4.69, 9.17) is 9.84 Å².